The SMILES string of the molecule is CCOc1ccc(N2C(=O)c3ccc(C(=O)N4CCC(C)C5CCCCC54)cc3C2=O)cc1. The van der Waals surface area contributed by atoms with Gasteiger partial charge < -0.3 is 9.64 Å². The lowest BCUT2D eigenvalue weighted by Crippen LogP contribution is -2.52. The zero-order valence-corrected chi connectivity index (χ0v) is 19.3. The van der Waals surface area contributed by atoms with Gasteiger partial charge in [-0.15, -0.1) is 0 Å². The second-order valence-electron chi connectivity index (χ2n) is 9.41. The van der Waals surface area contributed by atoms with Crippen LogP contribution in [0, 0.1) is 11.8 Å². The lowest BCUT2D eigenvalue weighted by atomic mass is 9.72. The summed E-state index contributed by atoms with van der Waals surface area (Å²) in [6.45, 7) is 5.50. The van der Waals surface area contributed by atoms with Crippen molar-refractivity contribution in [3.05, 3.63) is 59.2 Å². The van der Waals surface area contributed by atoms with Crippen molar-refractivity contribution in [1.29, 1.82) is 0 Å². The van der Waals surface area contributed by atoms with Gasteiger partial charge in [-0.05, 0) is 80.5 Å². The van der Waals surface area contributed by atoms with E-state index in [0.717, 1.165) is 25.8 Å². The predicted molar refractivity (Wildman–Crippen MR) is 126 cm³/mol. The monoisotopic (exact) mass is 446 g/mol. The van der Waals surface area contributed by atoms with Gasteiger partial charge in [0.1, 0.15) is 5.75 Å². The molecule has 0 radical (unpaired) electrons. The van der Waals surface area contributed by atoms with Crippen molar-refractivity contribution in [2.24, 2.45) is 11.8 Å². The van der Waals surface area contributed by atoms with Gasteiger partial charge in [-0.1, -0.05) is 19.8 Å². The molecule has 3 amide bonds. The number of amides is 3. The van der Waals surface area contributed by atoms with Crippen molar-refractivity contribution >= 4 is 23.4 Å². The van der Waals surface area contributed by atoms with E-state index in [1.165, 1.54) is 17.7 Å². The molecule has 2 heterocycles. The average molecular weight is 447 g/mol. The summed E-state index contributed by atoms with van der Waals surface area (Å²) in [6, 6.07) is 12.1. The number of hydrogen-bond donors (Lipinski definition) is 0. The molecule has 3 atom stereocenters. The van der Waals surface area contributed by atoms with E-state index < -0.39 is 5.91 Å². The first-order valence-electron chi connectivity index (χ1n) is 12.1. The lowest BCUT2D eigenvalue weighted by Gasteiger charge is -2.47. The number of carbonyl (C=O) groups is 3. The molecule has 2 fully saturated rings. The van der Waals surface area contributed by atoms with E-state index in [9.17, 15) is 14.4 Å². The molecular weight excluding hydrogens is 416 g/mol. The number of hydrogen-bond acceptors (Lipinski definition) is 4. The topological polar surface area (TPSA) is 66.9 Å². The number of piperidine rings is 1. The molecule has 0 aromatic heterocycles. The molecular formula is C27H30N2O4. The highest BCUT2D eigenvalue weighted by Crippen LogP contribution is 2.39. The van der Waals surface area contributed by atoms with Gasteiger partial charge in [-0.2, -0.15) is 0 Å². The molecule has 5 rings (SSSR count). The van der Waals surface area contributed by atoms with Gasteiger partial charge >= 0.3 is 0 Å². The molecule has 3 aliphatic rings. The van der Waals surface area contributed by atoms with E-state index in [-0.39, 0.29) is 17.9 Å². The highest BCUT2D eigenvalue weighted by molar-refractivity contribution is 6.34. The van der Waals surface area contributed by atoms with Gasteiger partial charge in [0.15, 0.2) is 0 Å². The summed E-state index contributed by atoms with van der Waals surface area (Å²) < 4.78 is 5.45. The van der Waals surface area contributed by atoms with E-state index in [2.05, 4.69) is 6.92 Å². The lowest BCUT2D eigenvalue weighted by molar-refractivity contribution is 0.0217. The Kier molecular flexibility index (Phi) is 5.69. The zero-order valence-electron chi connectivity index (χ0n) is 19.3. The Morgan fingerprint density at radius 2 is 1.70 bits per heavy atom. The minimum absolute atomic E-state index is 0.0265. The molecule has 0 bridgehead atoms. The van der Waals surface area contributed by atoms with Crippen molar-refractivity contribution in [3.63, 3.8) is 0 Å². The van der Waals surface area contributed by atoms with Crippen LogP contribution in [0.2, 0.25) is 0 Å². The van der Waals surface area contributed by atoms with Crippen molar-refractivity contribution in [2.75, 3.05) is 18.1 Å². The van der Waals surface area contributed by atoms with Gasteiger partial charge in [0.25, 0.3) is 17.7 Å². The Morgan fingerprint density at radius 1 is 0.970 bits per heavy atom. The molecule has 2 aliphatic heterocycles. The molecule has 33 heavy (non-hydrogen) atoms. The molecule has 2 aromatic carbocycles. The number of nitrogens with zero attached hydrogens (tertiary/aromatic N) is 2. The molecule has 1 saturated heterocycles. The van der Waals surface area contributed by atoms with Crippen molar-refractivity contribution < 1.29 is 19.1 Å². The van der Waals surface area contributed by atoms with Crippen LogP contribution >= 0.6 is 0 Å². The second kappa shape index (κ2) is 8.65. The molecule has 2 aromatic rings. The largest absolute Gasteiger partial charge is 0.494 e. The minimum atomic E-state index is -0.392. The Bertz CT molecular complexity index is 1090. The van der Waals surface area contributed by atoms with Gasteiger partial charge in [0.05, 0.1) is 23.4 Å². The highest BCUT2D eigenvalue weighted by atomic mass is 16.5. The van der Waals surface area contributed by atoms with Gasteiger partial charge in [0.2, 0.25) is 0 Å². The van der Waals surface area contributed by atoms with Crippen LogP contribution in [0.1, 0.15) is 77.0 Å². The van der Waals surface area contributed by atoms with E-state index in [0.29, 0.717) is 46.6 Å². The number of imide groups is 1. The standard InChI is InChI=1S/C27H30N2O4/c1-3-33-20-11-9-19(10-12-20)29-26(31)22-13-8-18(16-23(22)27(29)32)25(30)28-15-14-17(2)21-6-4-5-7-24(21)28/h8-13,16-17,21,24H,3-7,14-15H2,1-2H3. The smallest absolute Gasteiger partial charge is 0.266 e. The maximum Gasteiger partial charge on any atom is 0.266 e. The van der Waals surface area contributed by atoms with Gasteiger partial charge in [-0.3, -0.25) is 14.4 Å². The molecule has 6 nitrogen and oxygen atoms in total. The van der Waals surface area contributed by atoms with Crippen LogP contribution in [0.5, 0.6) is 5.75 Å². The first-order chi connectivity index (χ1) is 16.0. The van der Waals surface area contributed by atoms with Crippen LogP contribution < -0.4 is 9.64 Å². The fourth-order valence-corrected chi connectivity index (χ4v) is 5.80. The third-order valence-electron chi connectivity index (χ3n) is 7.54. The summed E-state index contributed by atoms with van der Waals surface area (Å²) in [4.78, 5) is 42.9. The first kappa shape index (κ1) is 21.7. The number of benzene rings is 2. The van der Waals surface area contributed by atoms with Crippen molar-refractivity contribution in [1.82, 2.24) is 4.90 Å². The average Bonchev–Trinajstić information content (AvgIpc) is 3.09. The van der Waals surface area contributed by atoms with E-state index >= 15 is 0 Å². The Labute approximate surface area is 194 Å². The maximum absolute atomic E-state index is 13.5. The molecule has 6 heteroatoms. The maximum atomic E-state index is 13.5. The van der Waals surface area contributed by atoms with Crippen LogP contribution in [0.3, 0.4) is 0 Å². The number of likely N-dealkylation sites (tertiary alicyclic amines) is 1. The molecule has 1 saturated carbocycles. The summed E-state index contributed by atoms with van der Waals surface area (Å²) >= 11 is 0. The summed E-state index contributed by atoms with van der Waals surface area (Å²) in [5, 5.41) is 0. The second-order valence-corrected chi connectivity index (χ2v) is 9.41. The summed E-state index contributed by atoms with van der Waals surface area (Å²) in [5.74, 6) is 1.10. The van der Waals surface area contributed by atoms with Crippen molar-refractivity contribution in [3.8, 4) is 5.75 Å². The third-order valence-corrected chi connectivity index (χ3v) is 7.54. The Morgan fingerprint density at radius 3 is 2.45 bits per heavy atom. The number of rotatable bonds is 4. The van der Waals surface area contributed by atoms with Crippen molar-refractivity contribution in [2.45, 2.75) is 52.0 Å². The van der Waals surface area contributed by atoms with Gasteiger partial charge in [0, 0.05) is 18.2 Å². The highest BCUT2D eigenvalue weighted by Gasteiger charge is 2.41. The molecule has 0 spiro atoms. The zero-order chi connectivity index (χ0) is 23.1. The Hall–Kier alpha value is -3.15. The van der Waals surface area contributed by atoms with Crippen LogP contribution in [0.4, 0.5) is 5.69 Å². The normalized spacial score (nSPS) is 24.5. The van der Waals surface area contributed by atoms with Crippen LogP contribution in [0.15, 0.2) is 42.5 Å². The molecule has 3 unspecified atom stereocenters. The summed E-state index contributed by atoms with van der Waals surface area (Å²) in [7, 11) is 0. The summed E-state index contributed by atoms with van der Waals surface area (Å²) in [5.41, 5.74) is 1.62. The molecule has 0 N–H and O–H groups in total. The number of carbonyl (C=O) groups excluding carboxylic acids is 3. The fourth-order valence-electron chi connectivity index (χ4n) is 5.80. The number of ether oxygens (including phenoxy) is 1. The fraction of sp³-hybridized carbons (Fsp3) is 0.444. The van der Waals surface area contributed by atoms with E-state index in [1.54, 1.807) is 42.5 Å². The van der Waals surface area contributed by atoms with E-state index in [1.807, 2.05) is 11.8 Å². The first-order valence-corrected chi connectivity index (χ1v) is 12.1. The third kappa shape index (κ3) is 3.71. The predicted octanol–water partition coefficient (Wildman–Crippen LogP) is 4.93. The molecule has 172 valence electrons. The minimum Gasteiger partial charge on any atom is -0.494 e. The van der Waals surface area contributed by atoms with Gasteiger partial charge in [-0.25, -0.2) is 4.90 Å². The van der Waals surface area contributed by atoms with E-state index in [4.69, 9.17) is 4.74 Å². The summed E-state index contributed by atoms with van der Waals surface area (Å²) in [6.07, 6.45) is 5.65. The Balaban J connectivity index is 1.40. The number of anilines is 1. The van der Waals surface area contributed by atoms with Crippen LogP contribution in [-0.2, 0) is 0 Å². The van der Waals surface area contributed by atoms with Crippen LogP contribution in [0.25, 0.3) is 0 Å². The van der Waals surface area contributed by atoms with Crippen LogP contribution in [-0.4, -0.2) is 41.8 Å². The quantitative estimate of drug-likeness (QED) is 0.625. The molecule has 1 aliphatic carbocycles. The number of fused-ring (bicyclic) bond motifs is 2.